The molecule has 0 amide bonds. The summed E-state index contributed by atoms with van der Waals surface area (Å²) in [5.74, 6) is 0.960. The number of hydrogen-bond acceptors (Lipinski definition) is 7. The van der Waals surface area contributed by atoms with Crippen molar-refractivity contribution in [3.63, 3.8) is 0 Å². The molecule has 1 atom stereocenters. The highest BCUT2D eigenvalue weighted by Gasteiger charge is 2.41. The van der Waals surface area contributed by atoms with Crippen LogP contribution in [-0.4, -0.2) is 50.4 Å². The molecule has 1 saturated carbocycles. The van der Waals surface area contributed by atoms with Crippen LogP contribution in [0.5, 0.6) is 5.75 Å². The van der Waals surface area contributed by atoms with Crippen molar-refractivity contribution in [3.05, 3.63) is 47.8 Å². The molecule has 9 heteroatoms. The molecule has 0 radical (unpaired) electrons. The third-order valence-electron chi connectivity index (χ3n) is 5.02. The van der Waals surface area contributed by atoms with Crippen LogP contribution in [0.15, 0.2) is 36.5 Å². The van der Waals surface area contributed by atoms with E-state index in [2.05, 4.69) is 20.6 Å². The number of anilines is 1. The van der Waals surface area contributed by atoms with Gasteiger partial charge < -0.3 is 15.4 Å². The van der Waals surface area contributed by atoms with E-state index in [0.29, 0.717) is 12.8 Å². The SMILES string of the molecule is COc1ccc(CN(c2nccc(C3CNCCN3)n2)S(=O)(=O)C2CC2)cc1. The first kappa shape index (κ1) is 19.1. The number of rotatable bonds is 7. The average Bonchev–Trinajstić information content (AvgIpc) is 3.59. The summed E-state index contributed by atoms with van der Waals surface area (Å²) in [6.45, 7) is 2.71. The molecule has 1 aliphatic heterocycles. The number of nitrogens with one attached hydrogen (secondary N) is 2. The summed E-state index contributed by atoms with van der Waals surface area (Å²) >= 11 is 0. The minimum Gasteiger partial charge on any atom is -0.497 e. The molecule has 1 saturated heterocycles. The summed E-state index contributed by atoms with van der Waals surface area (Å²) in [4.78, 5) is 8.92. The molecule has 0 bridgehead atoms. The summed E-state index contributed by atoms with van der Waals surface area (Å²) in [6.07, 6.45) is 3.02. The van der Waals surface area contributed by atoms with Crippen molar-refractivity contribution in [1.29, 1.82) is 0 Å². The Hall–Kier alpha value is -2.23. The minimum absolute atomic E-state index is 0.0435. The van der Waals surface area contributed by atoms with E-state index in [1.165, 1.54) is 4.31 Å². The van der Waals surface area contributed by atoms with Crippen LogP contribution in [0.3, 0.4) is 0 Å². The Labute approximate surface area is 165 Å². The highest BCUT2D eigenvalue weighted by atomic mass is 32.2. The summed E-state index contributed by atoms with van der Waals surface area (Å²) in [7, 11) is -1.90. The van der Waals surface area contributed by atoms with Crippen LogP contribution in [-0.2, 0) is 16.6 Å². The van der Waals surface area contributed by atoms with Gasteiger partial charge >= 0.3 is 0 Å². The first-order valence-electron chi connectivity index (χ1n) is 9.49. The van der Waals surface area contributed by atoms with Crippen LogP contribution in [0.25, 0.3) is 0 Å². The van der Waals surface area contributed by atoms with Crippen molar-refractivity contribution in [2.24, 2.45) is 0 Å². The number of piperazine rings is 1. The van der Waals surface area contributed by atoms with Gasteiger partial charge in [-0.15, -0.1) is 0 Å². The third kappa shape index (κ3) is 4.11. The summed E-state index contributed by atoms with van der Waals surface area (Å²) in [5, 5.41) is 6.39. The second-order valence-corrected chi connectivity index (χ2v) is 9.23. The number of nitrogens with zero attached hydrogens (tertiary/aromatic N) is 3. The van der Waals surface area contributed by atoms with Gasteiger partial charge in [-0.3, -0.25) is 0 Å². The second kappa shape index (κ2) is 8.02. The molecule has 2 N–H and O–H groups in total. The van der Waals surface area contributed by atoms with Crippen molar-refractivity contribution in [2.75, 3.05) is 31.0 Å². The van der Waals surface area contributed by atoms with E-state index in [1.54, 1.807) is 13.3 Å². The maximum atomic E-state index is 13.1. The normalized spacial score (nSPS) is 20.0. The fourth-order valence-electron chi connectivity index (χ4n) is 3.26. The quantitative estimate of drug-likeness (QED) is 0.717. The molecule has 2 aliphatic rings. The topological polar surface area (TPSA) is 96.4 Å². The molecule has 150 valence electrons. The van der Waals surface area contributed by atoms with Crippen LogP contribution in [0.1, 0.15) is 30.1 Å². The van der Waals surface area contributed by atoms with E-state index >= 15 is 0 Å². The largest absolute Gasteiger partial charge is 0.497 e. The second-order valence-electron chi connectivity index (χ2n) is 7.09. The van der Waals surface area contributed by atoms with Crippen molar-refractivity contribution in [1.82, 2.24) is 20.6 Å². The van der Waals surface area contributed by atoms with Gasteiger partial charge in [0.2, 0.25) is 16.0 Å². The van der Waals surface area contributed by atoms with E-state index in [0.717, 1.165) is 36.6 Å². The Balaban J connectivity index is 1.65. The van der Waals surface area contributed by atoms with E-state index < -0.39 is 10.0 Å². The lowest BCUT2D eigenvalue weighted by atomic mass is 10.1. The van der Waals surface area contributed by atoms with Crippen LogP contribution < -0.4 is 19.7 Å². The minimum atomic E-state index is -3.50. The van der Waals surface area contributed by atoms with Gasteiger partial charge in [-0.05, 0) is 36.6 Å². The lowest BCUT2D eigenvalue weighted by molar-refractivity contribution is 0.414. The van der Waals surface area contributed by atoms with E-state index in [4.69, 9.17) is 4.74 Å². The first-order valence-corrected chi connectivity index (χ1v) is 11.0. The number of aromatic nitrogens is 2. The van der Waals surface area contributed by atoms with Gasteiger partial charge in [0, 0.05) is 25.8 Å². The number of hydrogen-bond donors (Lipinski definition) is 2. The Morgan fingerprint density at radius 2 is 1.96 bits per heavy atom. The first-order chi connectivity index (χ1) is 13.6. The maximum Gasteiger partial charge on any atom is 0.240 e. The molecule has 1 unspecified atom stereocenters. The maximum absolute atomic E-state index is 13.1. The highest BCUT2D eigenvalue weighted by molar-refractivity contribution is 7.93. The molecule has 2 heterocycles. The molecule has 8 nitrogen and oxygen atoms in total. The van der Waals surface area contributed by atoms with Crippen molar-refractivity contribution < 1.29 is 13.2 Å². The van der Waals surface area contributed by atoms with E-state index in [-0.39, 0.29) is 23.8 Å². The van der Waals surface area contributed by atoms with Gasteiger partial charge in [-0.25, -0.2) is 22.7 Å². The lowest BCUT2D eigenvalue weighted by Gasteiger charge is -2.26. The third-order valence-corrected chi connectivity index (χ3v) is 7.24. The average molecular weight is 404 g/mol. The predicted octanol–water partition coefficient (Wildman–Crippen LogP) is 1.22. The fourth-order valence-corrected chi connectivity index (χ4v) is 4.99. The molecule has 2 fully saturated rings. The zero-order valence-electron chi connectivity index (χ0n) is 15.8. The zero-order chi connectivity index (χ0) is 19.6. The zero-order valence-corrected chi connectivity index (χ0v) is 16.7. The van der Waals surface area contributed by atoms with Gasteiger partial charge in [0.25, 0.3) is 0 Å². The molecule has 1 aromatic carbocycles. The van der Waals surface area contributed by atoms with Crippen LogP contribution in [0.2, 0.25) is 0 Å². The Kier molecular flexibility index (Phi) is 5.47. The number of benzene rings is 1. The summed E-state index contributed by atoms with van der Waals surface area (Å²) in [6, 6.07) is 9.26. The molecule has 28 heavy (non-hydrogen) atoms. The number of methoxy groups -OCH3 is 1. The summed E-state index contributed by atoms with van der Waals surface area (Å²) in [5.41, 5.74) is 1.65. The fraction of sp³-hybridized carbons (Fsp3) is 0.474. The molecule has 4 rings (SSSR count). The van der Waals surface area contributed by atoms with Crippen molar-refractivity contribution in [2.45, 2.75) is 30.7 Å². The van der Waals surface area contributed by atoms with Gasteiger partial charge in [-0.1, -0.05) is 12.1 Å². The number of sulfonamides is 1. The van der Waals surface area contributed by atoms with Gasteiger partial charge in [0.1, 0.15) is 5.75 Å². The van der Waals surface area contributed by atoms with E-state index in [1.807, 2.05) is 30.3 Å². The van der Waals surface area contributed by atoms with Gasteiger partial charge in [0.15, 0.2) is 0 Å². The van der Waals surface area contributed by atoms with Crippen molar-refractivity contribution >= 4 is 16.0 Å². The van der Waals surface area contributed by atoms with Crippen LogP contribution >= 0.6 is 0 Å². The monoisotopic (exact) mass is 403 g/mol. The van der Waals surface area contributed by atoms with E-state index in [9.17, 15) is 8.42 Å². The molecule has 1 aromatic heterocycles. The Morgan fingerprint density at radius 3 is 2.61 bits per heavy atom. The van der Waals surface area contributed by atoms with Crippen molar-refractivity contribution in [3.8, 4) is 5.75 Å². The van der Waals surface area contributed by atoms with Crippen LogP contribution in [0, 0.1) is 0 Å². The molecule has 2 aromatic rings. The molecular weight excluding hydrogens is 378 g/mol. The van der Waals surface area contributed by atoms with Gasteiger partial charge in [0.05, 0.1) is 30.6 Å². The molecule has 1 aliphatic carbocycles. The Morgan fingerprint density at radius 1 is 1.18 bits per heavy atom. The standard InChI is InChI=1S/C19H25N5O3S/c1-27-15-4-2-14(3-5-15)13-24(28(25,26)16-6-7-16)19-22-9-8-17(23-19)18-12-20-10-11-21-18/h2-5,8-9,16,18,20-21H,6-7,10-13H2,1H3. The lowest BCUT2D eigenvalue weighted by Crippen LogP contribution is -2.43. The Bertz CT molecular complexity index is 909. The molecule has 0 spiro atoms. The summed E-state index contributed by atoms with van der Waals surface area (Å²) < 4.78 is 32.7. The van der Waals surface area contributed by atoms with Gasteiger partial charge in [-0.2, -0.15) is 0 Å². The highest BCUT2D eigenvalue weighted by Crippen LogP contribution is 2.33. The smallest absolute Gasteiger partial charge is 0.240 e. The molecular formula is C19H25N5O3S. The number of ether oxygens (including phenoxy) is 1. The predicted molar refractivity (Wildman–Crippen MR) is 107 cm³/mol. The van der Waals surface area contributed by atoms with Crippen LogP contribution in [0.4, 0.5) is 5.95 Å².